The van der Waals surface area contributed by atoms with Crippen molar-refractivity contribution < 1.29 is 13.2 Å². The zero-order chi connectivity index (χ0) is 18.6. The van der Waals surface area contributed by atoms with Crippen molar-refractivity contribution in [2.45, 2.75) is 23.6 Å². The van der Waals surface area contributed by atoms with Crippen LogP contribution >= 0.6 is 11.8 Å². The second-order valence-electron chi connectivity index (χ2n) is 5.78. The van der Waals surface area contributed by atoms with Crippen molar-refractivity contribution in [2.24, 2.45) is 0 Å². The van der Waals surface area contributed by atoms with Crippen LogP contribution in [0.2, 0.25) is 0 Å². The summed E-state index contributed by atoms with van der Waals surface area (Å²) in [7, 11) is -2.31. The minimum absolute atomic E-state index is 0.220. The number of benzene rings is 2. The minimum atomic E-state index is -3.72. The number of hydrogen-bond donors (Lipinski definition) is 1. The van der Waals surface area contributed by atoms with Gasteiger partial charge in [-0.05, 0) is 43.9 Å². The van der Waals surface area contributed by atoms with Crippen molar-refractivity contribution in [1.82, 2.24) is 4.31 Å². The topological polar surface area (TPSA) is 66.5 Å². The van der Waals surface area contributed by atoms with E-state index in [1.807, 2.05) is 37.4 Å². The number of para-hydroxylation sites is 1. The van der Waals surface area contributed by atoms with Crippen molar-refractivity contribution in [3.63, 3.8) is 0 Å². The summed E-state index contributed by atoms with van der Waals surface area (Å²) in [6, 6.07) is 12.6. The lowest BCUT2D eigenvalue weighted by atomic mass is 10.2. The predicted molar refractivity (Wildman–Crippen MR) is 103 cm³/mol. The Morgan fingerprint density at radius 3 is 2.48 bits per heavy atom. The van der Waals surface area contributed by atoms with E-state index in [2.05, 4.69) is 5.32 Å². The standard InChI is InChI=1S/C18H22N2O3S2/c1-13-9-10-17(14(2)11-13)25(22,23)20(3)12-18(21)19-15-7-5-6-8-16(15)24-4/h5-11H,12H2,1-4H3,(H,19,21). The molecule has 0 aliphatic carbocycles. The van der Waals surface area contributed by atoms with Crippen LogP contribution in [-0.2, 0) is 14.8 Å². The zero-order valence-electron chi connectivity index (χ0n) is 14.7. The van der Waals surface area contributed by atoms with Crippen molar-refractivity contribution >= 4 is 33.4 Å². The third-order valence-corrected chi connectivity index (χ3v) is 6.53. The second kappa shape index (κ2) is 8.03. The molecule has 0 atom stereocenters. The summed E-state index contributed by atoms with van der Waals surface area (Å²) in [5.41, 5.74) is 2.34. The van der Waals surface area contributed by atoms with Crippen molar-refractivity contribution in [1.29, 1.82) is 0 Å². The molecule has 1 amide bonds. The highest BCUT2D eigenvalue weighted by molar-refractivity contribution is 7.98. The van der Waals surface area contributed by atoms with Crippen LogP contribution in [-0.4, -0.2) is 38.5 Å². The molecule has 134 valence electrons. The van der Waals surface area contributed by atoms with Gasteiger partial charge in [0.1, 0.15) is 0 Å². The molecule has 0 aliphatic rings. The van der Waals surface area contributed by atoms with Crippen LogP contribution < -0.4 is 5.32 Å². The molecule has 2 aromatic rings. The van der Waals surface area contributed by atoms with Crippen molar-refractivity contribution in [2.75, 3.05) is 25.2 Å². The summed E-state index contributed by atoms with van der Waals surface area (Å²) in [6.45, 7) is 3.41. The van der Waals surface area contributed by atoms with E-state index in [1.165, 1.54) is 18.8 Å². The Balaban J connectivity index is 2.15. The molecule has 7 heteroatoms. The molecule has 0 bridgehead atoms. The first-order valence-electron chi connectivity index (χ1n) is 7.72. The van der Waals surface area contributed by atoms with Gasteiger partial charge in [-0.2, -0.15) is 4.31 Å². The highest BCUT2D eigenvalue weighted by Crippen LogP contribution is 2.25. The highest BCUT2D eigenvalue weighted by Gasteiger charge is 2.24. The summed E-state index contributed by atoms with van der Waals surface area (Å²) in [4.78, 5) is 13.4. The van der Waals surface area contributed by atoms with E-state index in [4.69, 9.17) is 0 Å². The number of carbonyl (C=O) groups is 1. The Morgan fingerprint density at radius 2 is 1.84 bits per heavy atom. The molecule has 5 nitrogen and oxygen atoms in total. The number of amides is 1. The maximum atomic E-state index is 12.7. The first-order chi connectivity index (χ1) is 11.8. The fraction of sp³-hybridized carbons (Fsp3) is 0.278. The Kier molecular flexibility index (Phi) is 6.26. The monoisotopic (exact) mass is 378 g/mol. The molecule has 2 rings (SSSR count). The molecule has 2 aromatic carbocycles. The molecule has 25 heavy (non-hydrogen) atoms. The highest BCUT2D eigenvalue weighted by atomic mass is 32.2. The largest absolute Gasteiger partial charge is 0.324 e. The number of likely N-dealkylation sites (N-methyl/N-ethyl adjacent to an activating group) is 1. The molecule has 0 radical (unpaired) electrons. The van der Waals surface area contributed by atoms with E-state index >= 15 is 0 Å². The molecule has 0 spiro atoms. The number of thioether (sulfide) groups is 1. The predicted octanol–water partition coefficient (Wildman–Crippen LogP) is 3.28. The van der Waals surface area contributed by atoms with Crippen LogP contribution in [0.4, 0.5) is 5.69 Å². The molecule has 0 unspecified atom stereocenters. The number of carbonyl (C=O) groups excluding carboxylic acids is 1. The lowest BCUT2D eigenvalue weighted by Crippen LogP contribution is -2.35. The van der Waals surface area contributed by atoms with Gasteiger partial charge in [0.05, 0.1) is 17.1 Å². The Hall–Kier alpha value is -1.83. The van der Waals surface area contributed by atoms with Gasteiger partial charge in [-0.25, -0.2) is 8.42 Å². The van der Waals surface area contributed by atoms with E-state index in [-0.39, 0.29) is 17.3 Å². The minimum Gasteiger partial charge on any atom is -0.324 e. The SMILES string of the molecule is CSc1ccccc1NC(=O)CN(C)S(=O)(=O)c1ccc(C)cc1C. The number of nitrogens with zero attached hydrogens (tertiary/aromatic N) is 1. The quantitative estimate of drug-likeness (QED) is 0.784. The summed E-state index contributed by atoms with van der Waals surface area (Å²) >= 11 is 1.52. The van der Waals surface area contributed by atoms with E-state index in [9.17, 15) is 13.2 Å². The first-order valence-corrected chi connectivity index (χ1v) is 10.4. The molecular formula is C18H22N2O3S2. The number of nitrogens with one attached hydrogen (secondary N) is 1. The van der Waals surface area contributed by atoms with Crippen LogP contribution in [0.5, 0.6) is 0 Å². The smallest absolute Gasteiger partial charge is 0.243 e. The number of hydrogen-bond acceptors (Lipinski definition) is 4. The number of aryl methyl sites for hydroxylation is 2. The van der Waals surface area contributed by atoms with Gasteiger partial charge in [-0.15, -0.1) is 11.8 Å². The Labute approximate surface area is 153 Å². The average molecular weight is 379 g/mol. The molecule has 0 aliphatic heterocycles. The van der Waals surface area contributed by atoms with E-state index in [0.29, 0.717) is 11.3 Å². The lowest BCUT2D eigenvalue weighted by molar-refractivity contribution is -0.116. The summed E-state index contributed by atoms with van der Waals surface area (Å²) in [5.74, 6) is -0.377. The van der Waals surface area contributed by atoms with E-state index < -0.39 is 10.0 Å². The van der Waals surface area contributed by atoms with Crippen molar-refractivity contribution in [3.8, 4) is 0 Å². The summed E-state index contributed by atoms with van der Waals surface area (Å²) in [5, 5.41) is 2.77. The molecule has 1 N–H and O–H groups in total. The van der Waals surface area contributed by atoms with Crippen LogP contribution in [0.1, 0.15) is 11.1 Å². The van der Waals surface area contributed by atoms with Gasteiger partial charge >= 0.3 is 0 Å². The lowest BCUT2D eigenvalue weighted by Gasteiger charge is -2.19. The fourth-order valence-electron chi connectivity index (χ4n) is 2.48. The summed E-state index contributed by atoms with van der Waals surface area (Å²) in [6.07, 6.45) is 1.92. The van der Waals surface area contributed by atoms with Gasteiger partial charge in [0.2, 0.25) is 15.9 Å². The number of anilines is 1. The van der Waals surface area contributed by atoms with Gasteiger partial charge in [-0.3, -0.25) is 4.79 Å². The molecule has 0 heterocycles. The second-order valence-corrected chi connectivity index (χ2v) is 8.64. The van der Waals surface area contributed by atoms with Gasteiger partial charge in [0, 0.05) is 11.9 Å². The first kappa shape index (κ1) is 19.5. The molecule has 0 aromatic heterocycles. The third-order valence-electron chi connectivity index (χ3n) is 3.77. The van der Waals surface area contributed by atoms with Crippen LogP contribution in [0.15, 0.2) is 52.3 Å². The van der Waals surface area contributed by atoms with Crippen LogP contribution in [0.25, 0.3) is 0 Å². The number of rotatable bonds is 6. The van der Waals surface area contributed by atoms with Gasteiger partial charge in [-0.1, -0.05) is 29.8 Å². The Morgan fingerprint density at radius 1 is 1.16 bits per heavy atom. The van der Waals surface area contributed by atoms with E-state index in [1.54, 1.807) is 25.1 Å². The molecular weight excluding hydrogens is 356 g/mol. The molecule has 0 fully saturated rings. The fourth-order valence-corrected chi connectivity index (χ4v) is 4.36. The molecule has 0 saturated carbocycles. The average Bonchev–Trinajstić information content (AvgIpc) is 2.54. The van der Waals surface area contributed by atoms with Gasteiger partial charge in [0.25, 0.3) is 0 Å². The van der Waals surface area contributed by atoms with Crippen LogP contribution in [0, 0.1) is 13.8 Å². The van der Waals surface area contributed by atoms with E-state index in [0.717, 1.165) is 14.8 Å². The van der Waals surface area contributed by atoms with Crippen molar-refractivity contribution in [3.05, 3.63) is 53.6 Å². The Bertz CT molecular complexity index is 880. The van der Waals surface area contributed by atoms with Crippen LogP contribution in [0.3, 0.4) is 0 Å². The molecule has 0 saturated heterocycles. The normalized spacial score (nSPS) is 11.6. The zero-order valence-corrected chi connectivity index (χ0v) is 16.4. The maximum Gasteiger partial charge on any atom is 0.243 e. The van der Waals surface area contributed by atoms with Gasteiger partial charge < -0.3 is 5.32 Å². The third kappa shape index (κ3) is 4.62. The number of sulfonamides is 1. The maximum absolute atomic E-state index is 12.7. The summed E-state index contributed by atoms with van der Waals surface area (Å²) < 4.78 is 26.5. The van der Waals surface area contributed by atoms with Gasteiger partial charge in [0.15, 0.2) is 0 Å².